The van der Waals surface area contributed by atoms with Gasteiger partial charge in [-0.1, -0.05) is 12.6 Å². The average molecular weight is 495 g/mol. The molecule has 1 aromatic carbocycles. The molecule has 0 unspecified atom stereocenters. The van der Waals surface area contributed by atoms with Crippen LogP contribution in [-0.2, 0) is 22.2 Å². The highest BCUT2D eigenvalue weighted by molar-refractivity contribution is 7.85. The fraction of sp³-hybridized carbons (Fsp3) is 0.480. The third-order valence-corrected chi connectivity index (χ3v) is 8.83. The molecule has 3 fully saturated rings. The largest absolute Gasteiger partial charge is 0.486 e. The molecule has 0 atom stereocenters. The normalized spacial score (nSPS) is 21.1. The highest BCUT2D eigenvalue weighted by Gasteiger charge is 2.40. The molecule has 1 amide bonds. The number of nitrogens with zero attached hydrogens (tertiary/aromatic N) is 5. The molecule has 0 spiro atoms. The van der Waals surface area contributed by atoms with E-state index in [-0.39, 0.29) is 5.91 Å². The van der Waals surface area contributed by atoms with E-state index >= 15 is 0 Å². The summed E-state index contributed by atoms with van der Waals surface area (Å²) in [5.41, 5.74) is 4.28. The number of amides is 1. The van der Waals surface area contributed by atoms with Crippen LogP contribution in [0.1, 0.15) is 22.6 Å². The van der Waals surface area contributed by atoms with Crippen LogP contribution < -0.4 is 15.0 Å². The predicted octanol–water partition coefficient (Wildman–Crippen LogP) is 1.79. The van der Waals surface area contributed by atoms with Crippen LogP contribution in [0, 0.1) is 6.92 Å². The summed E-state index contributed by atoms with van der Waals surface area (Å²) < 4.78 is 18.1. The van der Waals surface area contributed by atoms with Crippen molar-refractivity contribution in [2.45, 2.75) is 25.5 Å². The summed E-state index contributed by atoms with van der Waals surface area (Å²) in [5.74, 6) is 4.30. The molecular formula is C25H30N6O3S. The van der Waals surface area contributed by atoms with E-state index in [2.05, 4.69) is 50.7 Å². The van der Waals surface area contributed by atoms with E-state index in [1.54, 1.807) is 6.33 Å². The average Bonchev–Trinajstić information content (AvgIpc) is 2.99. The first-order valence-corrected chi connectivity index (χ1v) is 13.6. The number of hydrogen-bond acceptors (Lipinski definition) is 8. The minimum absolute atomic E-state index is 0.0216. The van der Waals surface area contributed by atoms with E-state index < -0.39 is 10.8 Å². The maximum Gasteiger partial charge on any atom is 0.246 e. The number of benzene rings is 1. The first-order valence-electron chi connectivity index (χ1n) is 12.1. The van der Waals surface area contributed by atoms with Gasteiger partial charge >= 0.3 is 0 Å². The summed E-state index contributed by atoms with van der Waals surface area (Å²) in [5, 5.41) is 3.53. The minimum atomic E-state index is -0.742. The number of rotatable bonds is 4. The number of aryl methyl sites for hydroxylation is 1. The van der Waals surface area contributed by atoms with Crippen molar-refractivity contribution in [3.8, 4) is 5.75 Å². The molecule has 1 aromatic heterocycles. The van der Waals surface area contributed by atoms with Gasteiger partial charge in [0.15, 0.2) is 0 Å². The van der Waals surface area contributed by atoms with Gasteiger partial charge in [0.2, 0.25) is 5.91 Å². The summed E-state index contributed by atoms with van der Waals surface area (Å²) in [6, 6.07) is 4.88. The highest BCUT2D eigenvalue weighted by atomic mass is 32.2. The standard InChI is InChI=1S/C25H30N6O3S/c1-3-22(32)31-12-19(13-31)30-10-18(11-30)17-8-16(2)23-21(9-17)28-24-20(14-34-23)25(27-15-26-24)29-4-6-35(33)7-5-29/h3,8-9,15,18-19H,1,4-7,10-14H2,2H3,(H,26,27,28). The van der Waals surface area contributed by atoms with Gasteiger partial charge < -0.3 is 19.9 Å². The van der Waals surface area contributed by atoms with Crippen LogP contribution in [0.15, 0.2) is 31.1 Å². The lowest BCUT2D eigenvalue weighted by atomic mass is 9.87. The van der Waals surface area contributed by atoms with Crippen LogP contribution >= 0.6 is 0 Å². The maximum absolute atomic E-state index is 11.8. The smallest absolute Gasteiger partial charge is 0.246 e. The summed E-state index contributed by atoms with van der Waals surface area (Å²) in [4.78, 5) is 27.3. The zero-order valence-corrected chi connectivity index (χ0v) is 20.7. The number of nitrogens with one attached hydrogen (secondary N) is 1. The molecule has 35 heavy (non-hydrogen) atoms. The lowest BCUT2D eigenvalue weighted by Gasteiger charge is -2.52. The summed E-state index contributed by atoms with van der Waals surface area (Å²) in [6.07, 6.45) is 2.99. The van der Waals surface area contributed by atoms with E-state index in [0.717, 1.165) is 73.5 Å². The molecule has 3 saturated heterocycles. The van der Waals surface area contributed by atoms with Crippen molar-refractivity contribution in [1.29, 1.82) is 0 Å². The predicted molar refractivity (Wildman–Crippen MR) is 136 cm³/mol. The molecule has 0 aliphatic carbocycles. The second kappa shape index (κ2) is 8.91. The van der Waals surface area contributed by atoms with E-state index in [1.807, 2.05) is 4.90 Å². The van der Waals surface area contributed by atoms with Gasteiger partial charge in [0.05, 0.1) is 11.3 Å². The molecule has 5 heterocycles. The molecule has 9 nitrogen and oxygen atoms in total. The quantitative estimate of drug-likeness (QED) is 0.644. The Morgan fingerprint density at radius 2 is 1.97 bits per heavy atom. The Bertz CT molecular complexity index is 1200. The number of aromatic nitrogens is 2. The number of carbonyl (C=O) groups is 1. The molecule has 0 bridgehead atoms. The summed E-state index contributed by atoms with van der Waals surface area (Å²) >= 11 is 0. The van der Waals surface area contributed by atoms with Crippen molar-refractivity contribution in [2.75, 3.05) is 61.0 Å². The molecule has 2 aromatic rings. The number of likely N-dealkylation sites (tertiary alicyclic amines) is 2. The van der Waals surface area contributed by atoms with Crippen LogP contribution in [0.25, 0.3) is 0 Å². The molecular weight excluding hydrogens is 464 g/mol. The Labute approximate surface area is 207 Å². The topological polar surface area (TPSA) is 90.9 Å². The van der Waals surface area contributed by atoms with Crippen LogP contribution in [0.2, 0.25) is 0 Å². The molecule has 184 valence electrons. The lowest BCUT2D eigenvalue weighted by molar-refractivity contribution is -0.134. The zero-order valence-electron chi connectivity index (χ0n) is 19.9. The zero-order chi connectivity index (χ0) is 24.1. The monoisotopic (exact) mass is 494 g/mol. The van der Waals surface area contributed by atoms with Gasteiger partial charge in [-0.2, -0.15) is 0 Å². The highest BCUT2D eigenvalue weighted by Crippen LogP contribution is 2.41. The van der Waals surface area contributed by atoms with Gasteiger partial charge in [-0.15, -0.1) is 0 Å². The van der Waals surface area contributed by atoms with Crippen molar-refractivity contribution in [2.24, 2.45) is 0 Å². The third kappa shape index (κ3) is 4.08. The molecule has 10 heteroatoms. The van der Waals surface area contributed by atoms with Crippen molar-refractivity contribution in [1.82, 2.24) is 19.8 Å². The minimum Gasteiger partial charge on any atom is -0.486 e. The van der Waals surface area contributed by atoms with Crippen molar-refractivity contribution in [3.63, 3.8) is 0 Å². The van der Waals surface area contributed by atoms with Crippen molar-refractivity contribution < 1.29 is 13.7 Å². The number of carbonyl (C=O) groups excluding carboxylic acids is 1. The second-order valence-electron chi connectivity index (χ2n) is 9.74. The van der Waals surface area contributed by atoms with Gasteiger partial charge in [-0.05, 0) is 30.2 Å². The summed E-state index contributed by atoms with van der Waals surface area (Å²) in [6.45, 7) is 11.1. The lowest BCUT2D eigenvalue weighted by Crippen LogP contribution is -2.65. The van der Waals surface area contributed by atoms with Gasteiger partial charge in [0.25, 0.3) is 0 Å². The first kappa shape index (κ1) is 22.5. The van der Waals surface area contributed by atoms with Crippen LogP contribution in [0.5, 0.6) is 5.75 Å². The molecule has 0 radical (unpaired) electrons. The maximum atomic E-state index is 11.8. The van der Waals surface area contributed by atoms with E-state index in [1.165, 1.54) is 11.6 Å². The number of anilines is 3. The van der Waals surface area contributed by atoms with Gasteiger partial charge in [0, 0.05) is 73.5 Å². The fourth-order valence-electron chi connectivity index (χ4n) is 5.38. The number of fused-ring (bicyclic) bond motifs is 2. The van der Waals surface area contributed by atoms with E-state index in [9.17, 15) is 9.00 Å². The molecule has 1 N–H and O–H groups in total. The third-order valence-electron chi connectivity index (χ3n) is 7.56. The number of hydrogen-bond donors (Lipinski definition) is 1. The molecule has 0 saturated carbocycles. The van der Waals surface area contributed by atoms with Crippen LogP contribution in [0.4, 0.5) is 17.3 Å². The Morgan fingerprint density at radius 3 is 2.71 bits per heavy atom. The Balaban J connectivity index is 1.17. The Morgan fingerprint density at radius 1 is 1.20 bits per heavy atom. The fourth-order valence-corrected chi connectivity index (χ4v) is 6.43. The SMILES string of the molecule is C=CC(=O)N1CC(N2CC(c3cc(C)c4c(c3)Nc3ncnc(N5CCS(=O)CC5)c3CO4)C2)C1. The summed E-state index contributed by atoms with van der Waals surface area (Å²) in [7, 11) is -0.742. The van der Waals surface area contributed by atoms with Crippen LogP contribution in [0.3, 0.4) is 0 Å². The Kier molecular flexibility index (Phi) is 5.72. The molecule has 4 aliphatic rings. The number of ether oxygens (including phenoxy) is 1. The molecule has 6 rings (SSSR count). The van der Waals surface area contributed by atoms with Gasteiger partial charge in [-0.25, -0.2) is 9.97 Å². The Hall–Kier alpha value is -2.98. The van der Waals surface area contributed by atoms with E-state index in [0.29, 0.717) is 30.1 Å². The van der Waals surface area contributed by atoms with Gasteiger partial charge in [0.1, 0.15) is 30.3 Å². The van der Waals surface area contributed by atoms with Crippen molar-refractivity contribution in [3.05, 3.63) is 47.8 Å². The second-order valence-corrected chi connectivity index (χ2v) is 11.4. The molecule has 4 aliphatic heterocycles. The first-order chi connectivity index (χ1) is 17.0. The van der Waals surface area contributed by atoms with Gasteiger partial charge in [-0.3, -0.25) is 13.9 Å². The van der Waals surface area contributed by atoms with Crippen LogP contribution in [-0.4, -0.2) is 86.7 Å². The van der Waals surface area contributed by atoms with Crippen molar-refractivity contribution >= 4 is 34.0 Å². The van der Waals surface area contributed by atoms with E-state index in [4.69, 9.17) is 4.74 Å².